The molecule has 0 unspecified atom stereocenters. The summed E-state index contributed by atoms with van der Waals surface area (Å²) in [7, 11) is 0. The van der Waals surface area contributed by atoms with Crippen molar-refractivity contribution in [2.24, 2.45) is 0 Å². The SMILES string of the molecule is CCOc1ccc(NC(=O)CN2C(=O)N/C(=C\c3ccc(O)cc3)C2=O)cc1. The summed E-state index contributed by atoms with van der Waals surface area (Å²) in [6, 6.07) is 12.2. The molecule has 0 aliphatic carbocycles. The van der Waals surface area contributed by atoms with Gasteiger partial charge in [-0.1, -0.05) is 12.1 Å². The zero-order valence-electron chi connectivity index (χ0n) is 15.1. The summed E-state index contributed by atoms with van der Waals surface area (Å²) in [6.45, 7) is 2.00. The number of rotatable bonds is 6. The molecule has 1 saturated heterocycles. The van der Waals surface area contributed by atoms with Crippen LogP contribution in [0.4, 0.5) is 10.5 Å². The van der Waals surface area contributed by atoms with Gasteiger partial charge in [0.05, 0.1) is 6.61 Å². The first-order valence-electron chi connectivity index (χ1n) is 8.62. The Labute approximate surface area is 161 Å². The number of carbonyl (C=O) groups is 3. The highest BCUT2D eigenvalue weighted by Crippen LogP contribution is 2.18. The number of hydrogen-bond acceptors (Lipinski definition) is 5. The Hall–Kier alpha value is -3.81. The van der Waals surface area contributed by atoms with E-state index in [0.717, 1.165) is 4.90 Å². The lowest BCUT2D eigenvalue weighted by molar-refractivity contribution is -0.127. The van der Waals surface area contributed by atoms with Gasteiger partial charge in [0.15, 0.2) is 0 Å². The maximum Gasteiger partial charge on any atom is 0.329 e. The van der Waals surface area contributed by atoms with Gasteiger partial charge in [-0.2, -0.15) is 0 Å². The van der Waals surface area contributed by atoms with Gasteiger partial charge < -0.3 is 20.5 Å². The number of ether oxygens (including phenoxy) is 1. The van der Waals surface area contributed by atoms with E-state index < -0.39 is 24.4 Å². The van der Waals surface area contributed by atoms with E-state index >= 15 is 0 Å². The van der Waals surface area contributed by atoms with Crippen LogP contribution in [0.25, 0.3) is 6.08 Å². The van der Waals surface area contributed by atoms with Crippen molar-refractivity contribution in [3.8, 4) is 11.5 Å². The van der Waals surface area contributed by atoms with Gasteiger partial charge in [-0.25, -0.2) is 9.69 Å². The van der Waals surface area contributed by atoms with Crippen LogP contribution < -0.4 is 15.4 Å². The monoisotopic (exact) mass is 381 g/mol. The van der Waals surface area contributed by atoms with Gasteiger partial charge in [0.25, 0.3) is 5.91 Å². The average Bonchev–Trinajstić information content (AvgIpc) is 2.93. The second-order valence-corrected chi connectivity index (χ2v) is 5.98. The third-order valence-corrected chi connectivity index (χ3v) is 3.92. The van der Waals surface area contributed by atoms with Gasteiger partial charge in [-0.3, -0.25) is 9.59 Å². The van der Waals surface area contributed by atoms with E-state index in [1.165, 1.54) is 18.2 Å². The van der Waals surface area contributed by atoms with Crippen molar-refractivity contribution in [3.05, 3.63) is 59.8 Å². The molecule has 8 heteroatoms. The molecule has 2 aromatic carbocycles. The smallest absolute Gasteiger partial charge is 0.329 e. The number of aromatic hydroxyl groups is 1. The molecule has 1 fully saturated rings. The van der Waals surface area contributed by atoms with Crippen molar-refractivity contribution >= 4 is 29.6 Å². The van der Waals surface area contributed by atoms with E-state index in [2.05, 4.69) is 10.6 Å². The zero-order valence-corrected chi connectivity index (χ0v) is 15.1. The van der Waals surface area contributed by atoms with Crippen LogP contribution in [-0.4, -0.2) is 41.0 Å². The molecule has 1 aliphatic heterocycles. The van der Waals surface area contributed by atoms with Crippen LogP contribution in [0.15, 0.2) is 54.2 Å². The standard InChI is InChI=1S/C20H19N3O5/c1-2-28-16-9-5-14(6-10-16)21-18(25)12-23-19(26)17(22-20(23)27)11-13-3-7-15(24)8-4-13/h3-11,24H,2,12H2,1H3,(H,21,25)(H,22,27)/b17-11-. The summed E-state index contributed by atoms with van der Waals surface area (Å²) in [4.78, 5) is 37.5. The molecule has 0 aromatic heterocycles. The Balaban J connectivity index is 1.63. The quantitative estimate of drug-likeness (QED) is 0.526. The fraction of sp³-hybridized carbons (Fsp3) is 0.150. The highest BCUT2D eigenvalue weighted by atomic mass is 16.5. The minimum absolute atomic E-state index is 0.0598. The van der Waals surface area contributed by atoms with Crippen molar-refractivity contribution in [1.82, 2.24) is 10.2 Å². The molecule has 3 N–H and O–H groups in total. The Morgan fingerprint density at radius 1 is 1.14 bits per heavy atom. The average molecular weight is 381 g/mol. The summed E-state index contributed by atoms with van der Waals surface area (Å²) in [5.41, 5.74) is 1.21. The first-order valence-corrected chi connectivity index (χ1v) is 8.62. The normalized spacial score (nSPS) is 14.9. The number of hydrogen-bond donors (Lipinski definition) is 3. The van der Waals surface area contributed by atoms with E-state index in [1.807, 2.05) is 6.92 Å². The predicted molar refractivity (Wildman–Crippen MR) is 103 cm³/mol. The number of carbonyl (C=O) groups excluding carboxylic acids is 3. The van der Waals surface area contributed by atoms with Crippen molar-refractivity contribution in [3.63, 3.8) is 0 Å². The van der Waals surface area contributed by atoms with Gasteiger partial charge in [0.2, 0.25) is 5.91 Å². The lowest BCUT2D eigenvalue weighted by Gasteiger charge is -2.12. The molecule has 1 heterocycles. The van der Waals surface area contributed by atoms with E-state index in [9.17, 15) is 19.5 Å². The van der Waals surface area contributed by atoms with Crippen LogP contribution in [-0.2, 0) is 9.59 Å². The molecule has 0 bridgehead atoms. The first kappa shape index (κ1) is 19.0. The highest BCUT2D eigenvalue weighted by molar-refractivity contribution is 6.15. The fourth-order valence-corrected chi connectivity index (χ4v) is 2.60. The lowest BCUT2D eigenvalue weighted by atomic mass is 10.2. The molecule has 28 heavy (non-hydrogen) atoms. The van der Waals surface area contributed by atoms with Gasteiger partial charge in [-0.15, -0.1) is 0 Å². The van der Waals surface area contributed by atoms with Gasteiger partial charge in [0, 0.05) is 5.69 Å². The largest absolute Gasteiger partial charge is 0.508 e. The number of phenolic OH excluding ortho intramolecular Hbond substituents is 1. The van der Waals surface area contributed by atoms with E-state index in [4.69, 9.17) is 4.74 Å². The molecule has 0 atom stereocenters. The van der Waals surface area contributed by atoms with Crippen LogP contribution in [0.2, 0.25) is 0 Å². The molecule has 0 radical (unpaired) electrons. The van der Waals surface area contributed by atoms with Crippen molar-refractivity contribution in [2.45, 2.75) is 6.92 Å². The fourth-order valence-electron chi connectivity index (χ4n) is 2.60. The third-order valence-electron chi connectivity index (χ3n) is 3.92. The highest BCUT2D eigenvalue weighted by Gasteiger charge is 2.34. The lowest BCUT2D eigenvalue weighted by Crippen LogP contribution is -2.38. The number of nitrogens with zero attached hydrogens (tertiary/aromatic N) is 1. The molecule has 0 spiro atoms. The Morgan fingerprint density at radius 2 is 1.82 bits per heavy atom. The molecule has 2 aromatic rings. The number of nitrogens with one attached hydrogen (secondary N) is 2. The van der Waals surface area contributed by atoms with Crippen LogP contribution >= 0.6 is 0 Å². The number of anilines is 1. The molecular weight excluding hydrogens is 362 g/mol. The molecule has 1 aliphatic rings. The Kier molecular flexibility index (Phi) is 5.59. The summed E-state index contributed by atoms with van der Waals surface area (Å²) < 4.78 is 5.33. The topological polar surface area (TPSA) is 108 Å². The van der Waals surface area contributed by atoms with Crippen molar-refractivity contribution < 1.29 is 24.2 Å². The molecule has 3 rings (SSSR count). The summed E-state index contributed by atoms with van der Waals surface area (Å²) in [5.74, 6) is -0.325. The Bertz CT molecular complexity index is 920. The number of benzene rings is 2. The molecule has 144 valence electrons. The second kappa shape index (κ2) is 8.26. The zero-order chi connectivity index (χ0) is 20.1. The number of imide groups is 1. The van der Waals surface area contributed by atoms with Gasteiger partial charge in [0.1, 0.15) is 23.7 Å². The number of urea groups is 1. The van der Waals surface area contributed by atoms with Crippen LogP contribution in [0.1, 0.15) is 12.5 Å². The number of phenols is 1. The maximum atomic E-state index is 12.4. The van der Waals surface area contributed by atoms with Gasteiger partial charge >= 0.3 is 6.03 Å². The Morgan fingerprint density at radius 3 is 2.46 bits per heavy atom. The van der Waals surface area contributed by atoms with Gasteiger partial charge in [-0.05, 0) is 55.0 Å². The molecule has 8 nitrogen and oxygen atoms in total. The minimum atomic E-state index is -0.670. The maximum absolute atomic E-state index is 12.4. The van der Waals surface area contributed by atoms with Crippen LogP contribution in [0.5, 0.6) is 11.5 Å². The summed E-state index contributed by atoms with van der Waals surface area (Å²) in [5, 5.41) is 14.4. The van der Waals surface area contributed by atoms with E-state index in [0.29, 0.717) is 23.6 Å². The molecular formula is C20H19N3O5. The first-order chi connectivity index (χ1) is 13.5. The molecule has 4 amide bonds. The van der Waals surface area contributed by atoms with Crippen LogP contribution in [0.3, 0.4) is 0 Å². The second-order valence-electron chi connectivity index (χ2n) is 5.98. The molecule has 0 saturated carbocycles. The predicted octanol–water partition coefficient (Wildman–Crippen LogP) is 2.32. The van der Waals surface area contributed by atoms with Crippen LogP contribution in [0, 0.1) is 0 Å². The van der Waals surface area contributed by atoms with Crippen molar-refractivity contribution in [2.75, 3.05) is 18.5 Å². The third kappa shape index (κ3) is 4.47. The summed E-state index contributed by atoms with van der Waals surface area (Å²) in [6.07, 6.45) is 1.48. The summed E-state index contributed by atoms with van der Waals surface area (Å²) >= 11 is 0. The van der Waals surface area contributed by atoms with Crippen molar-refractivity contribution in [1.29, 1.82) is 0 Å². The minimum Gasteiger partial charge on any atom is -0.508 e. The van der Waals surface area contributed by atoms with E-state index in [-0.39, 0.29) is 11.4 Å². The van der Waals surface area contributed by atoms with E-state index in [1.54, 1.807) is 36.4 Å². The number of amides is 4.